The maximum absolute atomic E-state index is 10.5. The van der Waals surface area contributed by atoms with Crippen molar-refractivity contribution in [3.8, 4) is 28.1 Å². The van der Waals surface area contributed by atoms with E-state index in [1.54, 1.807) is 24.4 Å². The SMILES string of the molecule is [2H]C([2H])([2H])n1cc(-c2ccc(-c3cnc(N4CCN[C@@H](C5CC5)C4)nn3)c(O)c2)cn1. The van der Waals surface area contributed by atoms with Crippen LogP contribution >= 0.6 is 0 Å². The van der Waals surface area contributed by atoms with Crippen LogP contribution in [0.25, 0.3) is 22.4 Å². The van der Waals surface area contributed by atoms with Crippen molar-refractivity contribution >= 4 is 5.95 Å². The van der Waals surface area contributed by atoms with Gasteiger partial charge in [-0.2, -0.15) is 5.10 Å². The van der Waals surface area contributed by atoms with Crippen LogP contribution in [-0.4, -0.2) is 55.7 Å². The molecule has 0 radical (unpaired) electrons. The summed E-state index contributed by atoms with van der Waals surface area (Å²) in [6, 6.07) is 5.55. The van der Waals surface area contributed by atoms with E-state index in [9.17, 15) is 5.11 Å². The lowest BCUT2D eigenvalue weighted by atomic mass is 10.0. The molecule has 5 rings (SSSR count). The van der Waals surface area contributed by atoms with Crippen LogP contribution < -0.4 is 10.2 Å². The Balaban J connectivity index is 1.34. The lowest BCUT2D eigenvalue weighted by molar-refractivity contribution is 0.414. The number of aromatic nitrogens is 5. The molecule has 3 aromatic rings. The van der Waals surface area contributed by atoms with Crippen molar-refractivity contribution in [2.75, 3.05) is 24.5 Å². The van der Waals surface area contributed by atoms with Crippen molar-refractivity contribution in [3.63, 3.8) is 0 Å². The minimum absolute atomic E-state index is 0.0129. The Labute approximate surface area is 167 Å². The van der Waals surface area contributed by atoms with Gasteiger partial charge in [-0.1, -0.05) is 6.07 Å². The number of nitrogens with zero attached hydrogens (tertiary/aromatic N) is 6. The molecule has 1 saturated carbocycles. The molecule has 1 aliphatic carbocycles. The molecule has 2 N–H and O–H groups in total. The summed E-state index contributed by atoms with van der Waals surface area (Å²) in [5.74, 6) is 1.38. The Morgan fingerprint density at radius 2 is 2.14 bits per heavy atom. The van der Waals surface area contributed by atoms with Gasteiger partial charge in [0.05, 0.1) is 12.4 Å². The Kier molecular flexibility index (Phi) is 3.45. The van der Waals surface area contributed by atoms with Gasteiger partial charge in [0.15, 0.2) is 0 Å². The fourth-order valence-corrected chi connectivity index (χ4v) is 3.71. The zero-order valence-corrected chi connectivity index (χ0v) is 15.3. The molecule has 28 heavy (non-hydrogen) atoms. The summed E-state index contributed by atoms with van der Waals surface area (Å²) >= 11 is 0. The number of phenolic OH excluding ortho intramolecular Hbond substituents is 1. The van der Waals surface area contributed by atoms with Crippen LogP contribution in [0, 0.1) is 5.92 Å². The Hall–Kier alpha value is -3.00. The average Bonchev–Trinajstić information content (AvgIpc) is 3.49. The quantitative estimate of drug-likeness (QED) is 0.713. The van der Waals surface area contributed by atoms with Gasteiger partial charge in [0, 0.05) is 54.1 Å². The van der Waals surface area contributed by atoms with E-state index in [4.69, 9.17) is 4.11 Å². The number of hydrogen-bond donors (Lipinski definition) is 2. The van der Waals surface area contributed by atoms with Crippen LogP contribution in [0.1, 0.15) is 17.0 Å². The largest absolute Gasteiger partial charge is 0.507 e. The second-order valence-electron chi connectivity index (χ2n) is 7.39. The van der Waals surface area contributed by atoms with Gasteiger partial charge in [0.25, 0.3) is 0 Å². The highest BCUT2D eigenvalue weighted by Gasteiger charge is 2.34. The number of aromatic hydroxyl groups is 1. The second kappa shape index (κ2) is 6.87. The maximum Gasteiger partial charge on any atom is 0.245 e. The summed E-state index contributed by atoms with van der Waals surface area (Å²) in [7, 11) is 0. The molecular weight excluding hydrogens is 354 g/mol. The molecule has 0 bridgehead atoms. The fourth-order valence-electron chi connectivity index (χ4n) is 3.71. The van der Waals surface area contributed by atoms with Crippen LogP contribution in [0.5, 0.6) is 5.75 Å². The van der Waals surface area contributed by atoms with Crippen LogP contribution in [-0.2, 0) is 6.98 Å². The molecule has 1 saturated heterocycles. The number of phenols is 1. The Morgan fingerprint density at radius 3 is 2.86 bits per heavy atom. The first-order chi connectivity index (χ1) is 14.9. The first kappa shape index (κ1) is 14.1. The topological polar surface area (TPSA) is 92.0 Å². The average molecular weight is 380 g/mol. The van der Waals surface area contributed by atoms with Crippen LogP contribution in [0.4, 0.5) is 5.95 Å². The van der Waals surface area contributed by atoms with Crippen LogP contribution in [0.15, 0.2) is 36.8 Å². The highest BCUT2D eigenvalue weighted by molar-refractivity contribution is 5.73. The predicted octanol–water partition coefficient (Wildman–Crippen LogP) is 1.83. The molecule has 0 spiro atoms. The molecule has 2 aliphatic rings. The van der Waals surface area contributed by atoms with Crippen molar-refractivity contribution in [1.82, 2.24) is 30.3 Å². The molecule has 2 fully saturated rings. The third-order valence-corrected chi connectivity index (χ3v) is 5.42. The van der Waals surface area contributed by atoms with E-state index in [0.717, 1.165) is 30.2 Å². The van der Waals surface area contributed by atoms with Gasteiger partial charge in [-0.05, 0) is 36.5 Å². The van der Waals surface area contributed by atoms with Gasteiger partial charge in [-0.3, -0.25) is 4.68 Å². The van der Waals surface area contributed by atoms with E-state index in [1.807, 2.05) is 0 Å². The molecule has 2 aromatic heterocycles. The van der Waals surface area contributed by atoms with E-state index in [1.165, 1.54) is 25.2 Å². The van der Waals surface area contributed by atoms with E-state index < -0.39 is 6.98 Å². The van der Waals surface area contributed by atoms with E-state index in [0.29, 0.717) is 34.4 Å². The van der Waals surface area contributed by atoms with Crippen LogP contribution in [0.3, 0.4) is 0 Å². The number of nitrogens with one attached hydrogen (secondary N) is 1. The Morgan fingerprint density at radius 1 is 1.21 bits per heavy atom. The number of hydrogen-bond acceptors (Lipinski definition) is 7. The summed E-state index contributed by atoms with van der Waals surface area (Å²) in [6.45, 7) is 0.295. The Bertz CT molecular complexity index is 1080. The molecule has 144 valence electrons. The van der Waals surface area contributed by atoms with Crippen molar-refractivity contribution < 1.29 is 9.22 Å². The number of anilines is 1. The number of piperazine rings is 1. The number of rotatable bonds is 4. The highest BCUT2D eigenvalue weighted by atomic mass is 16.3. The summed E-state index contributed by atoms with van der Waals surface area (Å²) < 4.78 is 23.2. The van der Waals surface area contributed by atoms with Gasteiger partial charge in [0.1, 0.15) is 11.4 Å². The van der Waals surface area contributed by atoms with Gasteiger partial charge in [-0.15, -0.1) is 10.2 Å². The zero-order valence-electron chi connectivity index (χ0n) is 18.3. The minimum atomic E-state index is -2.34. The first-order valence-electron chi connectivity index (χ1n) is 11.0. The molecule has 1 aromatic carbocycles. The van der Waals surface area contributed by atoms with Crippen molar-refractivity contribution in [2.24, 2.45) is 12.9 Å². The van der Waals surface area contributed by atoms with Gasteiger partial charge >= 0.3 is 0 Å². The zero-order chi connectivity index (χ0) is 21.6. The molecule has 0 unspecified atom stereocenters. The molecule has 8 nitrogen and oxygen atoms in total. The summed E-state index contributed by atoms with van der Waals surface area (Å²) in [6.07, 6.45) is 7.09. The van der Waals surface area contributed by atoms with Crippen molar-refractivity contribution in [2.45, 2.75) is 18.9 Å². The minimum Gasteiger partial charge on any atom is -0.507 e. The number of benzene rings is 1. The molecule has 1 atom stereocenters. The summed E-state index contributed by atoms with van der Waals surface area (Å²) in [5, 5.41) is 26.6. The third kappa shape index (κ3) is 3.31. The molecule has 3 heterocycles. The highest BCUT2D eigenvalue weighted by Crippen LogP contribution is 2.34. The normalized spacial score (nSPS) is 21.8. The second-order valence-corrected chi connectivity index (χ2v) is 7.39. The summed E-state index contributed by atoms with van der Waals surface area (Å²) in [5.41, 5.74) is 2.23. The van der Waals surface area contributed by atoms with E-state index >= 15 is 0 Å². The molecular formula is C20H23N7O. The van der Waals surface area contributed by atoms with Gasteiger partial charge < -0.3 is 15.3 Å². The predicted molar refractivity (Wildman–Crippen MR) is 106 cm³/mol. The van der Waals surface area contributed by atoms with Crippen molar-refractivity contribution in [1.29, 1.82) is 0 Å². The van der Waals surface area contributed by atoms with Crippen LogP contribution in [0.2, 0.25) is 0 Å². The fraction of sp³-hybridized carbons (Fsp3) is 0.400. The van der Waals surface area contributed by atoms with Gasteiger partial charge in [-0.25, -0.2) is 4.98 Å². The van der Waals surface area contributed by atoms with Gasteiger partial charge in [0.2, 0.25) is 5.95 Å². The lowest BCUT2D eigenvalue weighted by Gasteiger charge is -2.33. The standard InChI is InChI=1S/C20H23N7O/c1-26-11-15(9-23-26)14-4-5-16(19(28)8-14)17-10-22-20(25-24-17)27-7-6-21-18(12-27)13-2-3-13/h4-5,8-11,13,18,21,28H,2-3,6-7,12H2,1H3/t18-/m1/s1/i1D3. The molecule has 1 aliphatic heterocycles. The van der Waals surface area contributed by atoms with E-state index in [-0.39, 0.29) is 5.75 Å². The molecule has 0 amide bonds. The smallest absolute Gasteiger partial charge is 0.245 e. The first-order valence-corrected chi connectivity index (χ1v) is 9.45. The maximum atomic E-state index is 10.5. The third-order valence-electron chi connectivity index (χ3n) is 5.42. The monoisotopic (exact) mass is 380 g/mol. The molecule has 8 heteroatoms. The summed E-state index contributed by atoms with van der Waals surface area (Å²) in [4.78, 5) is 6.64. The van der Waals surface area contributed by atoms with E-state index in [2.05, 4.69) is 30.5 Å². The van der Waals surface area contributed by atoms with Crippen molar-refractivity contribution in [3.05, 3.63) is 36.8 Å². The lowest BCUT2D eigenvalue weighted by Crippen LogP contribution is -2.52. The number of aryl methyl sites for hydroxylation is 1.